The van der Waals surface area contributed by atoms with Gasteiger partial charge in [0, 0.05) is 31.9 Å². The van der Waals surface area contributed by atoms with Crippen LogP contribution in [-0.4, -0.2) is 67.8 Å². The van der Waals surface area contributed by atoms with E-state index in [1.165, 1.54) is 4.90 Å². The minimum Gasteiger partial charge on any atom is -0.369 e. The van der Waals surface area contributed by atoms with E-state index in [0.717, 1.165) is 11.3 Å². The van der Waals surface area contributed by atoms with Crippen LogP contribution in [-0.2, 0) is 9.59 Å². The van der Waals surface area contributed by atoms with Crippen LogP contribution < -0.4 is 15.5 Å². The Labute approximate surface area is 216 Å². The van der Waals surface area contributed by atoms with Gasteiger partial charge in [0.15, 0.2) is 0 Å². The first-order chi connectivity index (χ1) is 17.9. The smallest absolute Gasteiger partial charge is 0.369 e. The number of nitrogens with zero attached hydrogens (tertiary/aromatic N) is 2. The van der Waals surface area contributed by atoms with Crippen molar-refractivity contribution < 1.29 is 35.9 Å². The number of nitrogens with one attached hydrogen (secondary N) is 2. The molecule has 38 heavy (non-hydrogen) atoms. The molecule has 3 atom stereocenters. The second kappa shape index (κ2) is 11.2. The maximum absolute atomic E-state index is 13.0. The van der Waals surface area contributed by atoms with Crippen LogP contribution in [0.4, 0.5) is 32.0 Å². The number of anilines is 1. The Balaban J connectivity index is 1.45. The van der Waals surface area contributed by atoms with Crippen LogP contribution in [0.15, 0.2) is 54.6 Å². The summed E-state index contributed by atoms with van der Waals surface area (Å²) in [5.41, 5.74) is 2.23. The quantitative estimate of drug-likeness (QED) is 0.428. The number of hydrogen-bond donors (Lipinski definition) is 2. The van der Waals surface area contributed by atoms with Gasteiger partial charge in [0.2, 0.25) is 11.8 Å². The van der Waals surface area contributed by atoms with Gasteiger partial charge in [-0.15, -0.1) is 0 Å². The molecule has 2 aromatic carbocycles. The summed E-state index contributed by atoms with van der Waals surface area (Å²) >= 11 is 0. The molecule has 0 saturated carbocycles. The standard InChI is InChI=1S/C26H28F6N4O2/c27-25(28,29)16-35-12-14-36(15-13-35)19-8-6-18(7-9-19)22(17-4-2-1-3-5-17)34-24(38)20-10-11-21(26(30,31)32)33-23(20)37/h1-9,20-22H,10-16H2,(H,33,37)(H,34,38). The van der Waals surface area contributed by atoms with Crippen LogP contribution in [0.2, 0.25) is 0 Å². The lowest BCUT2D eigenvalue weighted by molar-refractivity contribution is -0.171. The first kappa shape index (κ1) is 27.7. The molecule has 2 aliphatic rings. The highest BCUT2D eigenvalue weighted by atomic mass is 19.4. The number of hydrogen-bond acceptors (Lipinski definition) is 4. The molecule has 206 valence electrons. The molecule has 3 unspecified atom stereocenters. The zero-order chi connectivity index (χ0) is 27.5. The van der Waals surface area contributed by atoms with Crippen molar-refractivity contribution in [2.45, 2.75) is 37.3 Å². The van der Waals surface area contributed by atoms with E-state index >= 15 is 0 Å². The zero-order valence-corrected chi connectivity index (χ0v) is 20.4. The van der Waals surface area contributed by atoms with Gasteiger partial charge in [-0.3, -0.25) is 14.5 Å². The molecule has 2 fully saturated rings. The molecule has 2 N–H and O–H groups in total. The molecule has 2 aliphatic heterocycles. The fourth-order valence-electron chi connectivity index (χ4n) is 4.85. The number of piperidine rings is 1. The number of alkyl halides is 6. The van der Waals surface area contributed by atoms with Crippen LogP contribution in [0, 0.1) is 5.92 Å². The van der Waals surface area contributed by atoms with Gasteiger partial charge in [-0.2, -0.15) is 26.3 Å². The summed E-state index contributed by atoms with van der Waals surface area (Å²) in [5, 5.41) is 4.73. The predicted octanol–water partition coefficient (Wildman–Crippen LogP) is 4.03. The highest BCUT2D eigenvalue weighted by Gasteiger charge is 2.46. The number of amides is 2. The average molecular weight is 543 g/mol. The van der Waals surface area contributed by atoms with E-state index in [4.69, 9.17) is 0 Å². The van der Waals surface area contributed by atoms with Crippen LogP contribution >= 0.6 is 0 Å². The first-order valence-corrected chi connectivity index (χ1v) is 12.3. The fraction of sp³-hybridized carbons (Fsp3) is 0.462. The molecule has 0 aromatic heterocycles. The SMILES string of the molecule is O=C(NC(c1ccccc1)c1ccc(N2CCN(CC(F)(F)F)CC2)cc1)C1CCC(C(F)(F)F)NC1=O. The molecule has 0 spiro atoms. The first-order valence-electron chi connectivity index (χ1n) is 12.3. The molecule has 2 heterocycles. The molecule has 0 aliphatic carbocycles. The molecule has 2 saturated heterocycles. The number of piperazine rings is 1. The Hall–Kier alpha value is -3.28. The monoisotopic (exact) mass is 542 g/mol. The minimum atomic E-state index is -4.57. The zero-order valence-electron chi connectivity index (χ0n) is 20.4. The molecular formula is C26H28F6N4O2. The average Bonchev–Trinajstić information content (AvgIpc) is 2.87. The van der Waals surface area contributed by atoms with E-state index in [1.807, 2.05) is 22.3 Å². The third-order valence-electron chi connectivity index (χ3n) is 6.87. The van der Waals surface area contributed by atoms with Gasteiger partial charge in [0.1, 0.15) is 12.0 Å². The third kappa shape index (κ3) is 6.97. The molecule has 0 radical (unpaired) electrons. The molecule has 2 amide bonds. The van der Waals surface area contributed by atoms with Crippen molar-refractivity contribution in [2.24, 2.45) is 5.92 Å². The van der Waals surface area contributed by atoms with Gasteiger partial charge in [0.05, 0.1) is 12.6 Å². The van der Waals surface area contributed by atoms with Crippen LogP contribution in [0.1, 0.15) is 30.0 Å². The summed E-state index contributed by atoms with van der Waals surface area (Å²) in [6.45, 7) is 0.493. The summed E-state index contributed by atoms with van der Waals surface area (Å²) in [6.07, 6.45) is -9.41. The summed E-state index contributed by atoms with van der Waals surface area (Å²) in [5.74, 6) is -2.86. The van der Waals surface area contributed by atoms with E-state index in [1.54, 1.807) is 42.5 Å². The van der Waals surface area contributed by atoms with Gasteiger partial charge < -0.3 is 15.5 Å². The van der Waals surface area contributed by atoms with Gasteiger partial charge in [-0.05, 0) is 36.1 Å². The van der Waals surface area contributed by atoms with Crippen LogP contribution in [0.25, 0.3) is 0 Å². The second-order valence-electron chi connectivity index (χ2n) is 9.55. The lowest BCUT2D eigenvalue weighted by atomic mass is 9.91. The maximum Gasteiger partial charge on any atom is 0.408 e. The summed E-state index contributed by atoms with van der Waals surface area (Å²) < 4.78 is 76.9. The van der Waals surface area contributed by atoms with Crippen molar-refractivity contribution in [3.8, 4) is 0 Å². The Kier molecular flexibility index (Phi) is 8.19. The molecule has 0 bridgehead atoms. The lowest BCUT2D eigenvalue weighted by Gasteiger charge is -2.36. The van der Waals surface area contributed by atoms with Crippen molar-refractivity contribution in [2.75, 3.05) is 37.6 Å². The number of rotatable bonds is 6. The van der Waals surface area contributed by atoms with E-state index in [2.05, 4.69) is 5.32 Å². The minimum absolute atomic E-state index is 0.220. The van der Waals surface area contributed by atoms with Gasteiger partial charge in [0.25, 0.3) is 0 Å². The normalized spacial score (nSPS) is 22.1. The number of carbonyl (C=O) groups is 2. The summed E-state index contributed by atoms with van der Waals surface area (Å²) in [6, 6.07) is 13.5. The van der Waals surface area contributed by atoms with E-state index in [-0.39, 0.29) is 25.9 Å². The van der Waals surface area contributed by atoms with Crippen molar-refractivity contribution in [1.29, 1.82) is 0 Å². The van der Waals surface area contributed by atoms with Crippen LogP contribution in [0.3, 0.4) is 0 Å². The van der Waals surface area contributed by atoms with Gasteiger partial charge in [-0.25, -0.2) is 0 Å². The number of benzene rings is 2. The second-order valence-corrected chi connectivity index (χ2v) is 9.55. The Morgan fingerprint density at radius 3 is 2.05 bits per heavy atom. The van der Waals surface area contributed by atoms with Crippen LogP contribution in [0.5, 0.6) is 0 Å². The van der Waals surface area contributed by atoms with E-state index < -0.39 is 48.7 Å². The topological polar surface area (TPSA) is 64.7 Å². The number of halogens is 6. The van der Waals surface area contributed by atoms with Crippen molar-refractivity contribution in [1.82, 2.24) is 15.5 Å². The fourth-order valence-corrected chi connectivity index (χ4v) is 4.85. The van der Waals surface area contributed by atoms with Crippen molar-refractivity contribution in [3.05, 3.63) is 65.7 Å². The van der Waals surface area contributed by atoms with Crippen molar-refractivity contribution >= 4 is 17.5 Å². The van der Waals surface area contributed by atoms with Gasteiger partial charge >= 0.3 is 12.4 Å². The molecular weight excluding hydrogens is 514 g/mol. The Morgan fingerprint density at radius 2 is 1.50 bits per heavy atom. The van der Waals surface area contributed by atoms with Crippen molar-refractivity contribution in [3.63, 3.8) is 0 Å². The molecule has 2 aromatic rings. The maximum atomic E-state index is 13.0. The largest absolute Gasteiger partial charge is 0.408 e. The Morgan fingerprint density at radius 1 is 0.895 bits per heavy atom. The summed E-state index contributed by atoms with van der Waals surface area (Å²) in [4.78, 5) is 28.7. The molecule has 4 rings (SSSR count). The van der Waals surface area contributed by atoms with Gasteiger partial charge in [-0.1, -0.05) is 42.5 Å². The Bertz CT molecular complexity index is 1100. The summed E-state index contributed by atoms with van der Waals surface area (Å²) in [7, 11) is 0. The van der Waals surface area contributed by atoms with E-state index in [0.29, 0.717) is 18.7 Å². The highest BCUT2D eigenvalue weighted by Crippen LogP contribution is 2.30. The molecule has 12 heteroatoms. The molecule has 6 nitrogen and oxygen atoms in total. The lowest BCUT2D eigenvalue weighted by Crippen LogP contribution is -2.54. The predicted molar refractivity (Wildman–Crippen MR) is 128 cm³/mol. The number of carbonyl (C=O) groups excluding carboxylic acids is 2. The third-order valence-corrected chi connectivity index (χ3v) is 6.87. The highest BCUT2D eigenvalue weighted by molar-refractivity contribution is 6.01. The van der Waals surface area contributed by atoms with E-state index in [9.17, 15) is 35.9 Å².